The molecular weight excluding hydrogens is 354 g/mol. The van der Waals surface area contributed by atoms with E-state index in [1.54, 1.807) is 24.3 Å². The van der Waals surface area contributed by atoms with Gasteiger partial charge in [0.15, 0.2) is 0 Å². The van der Waals surface area contributed by atoms with Gasteiger partial charge in [-0.3, -0.25) is 0 Å². The van der Waals surface area contributed by atoms with Crippen LogP contribution in [0.15, 0.2) is 72.8 Å². The van der Waals surface area contributed by atoms with Crippen molar-refractivity contribution in [1.29, 1.82) is 0 Å². The van der Waals surface area contributed by atoms with Crippen molar-refractivity contribution in [3.8, 4) is 0 Å². The van der Waals surface area contributed by atoms with Gasteiger partial charge in [0.25, 0.3) is 0 Å². The number of methoxy groups -OCH3 is 1. The number of hydrogen-bond donors (Lipinski definition) is 0. The Labute approximate surface area is 162 Å². The van der Waals surface area contributed by atoms with E-state index in [2.05, 4.69) is 33.6 Å². The van der Waals surface area contributed by atoms with Crippen molar-refractivity contribution < 1.29 is 19.1 Å². The van der Waals surface area contributed by atoms with Crippen molar-refractivity contribution in [3.63, 3.8) is 0 Å². The molecule has 140 valence electrons. The molecule has 1 aromatic heterocycles. The Morgan fingerprint density at radius 2 is 1.25 bits per heavy atom. The zero-order valence-electron chi connectivity index (χ0n) is 15.4. The van der Waals surface area contributed by atoms with Crippen LogP contribution in [0.4, 0.5) is 0 Å². The number of ether oxygens (including phenoxy) is 2. The second kappa shape index (κ2) is 7.56. The Kier molecular flexibility index (Phi) is 4.81. The minimum Gasteiger partial charge on any atom is -0.465 e. The van der Waals surface area contributed by atoms with E-state index in [0.29, 0.717) is 17.7 Å². The summed E-state index contributed by atoms with van der Waals surface area (Å²) < 4.78 is 12.3. The van der Waals surface area contributed by atoms with Crippen molar-refractivity contribution in [1.82, 2.24) is 4.57 Å². The Morgan fingerprint density at radius 1 is 0.750 bits per heavy atom. The lowest BCUT2D eigenvalue weighted by atomic mass is 10.1. The van der Waals surface area contributed by atoms with E-state index < -0.39 is 11.9 Å². The number of fused-ring (bicyclic) bond motifs is 3. The van der Waals surface area contributed by atoms with E-state index in [1.807, 2.05) is 24.3 Å². The van der Waals surface area contributed by atoms with Gasteiger partial charge in [0.05, 0.1) is 24.8 Å². The summed E-state index contributed by atoms with van der Waals surface area (Å²) in [7, 11) is 1.32. The average molecular weight is 373 g/mol. The Hall–Kier alpha value is -3.60. The lowest BCUT2D eigenvalue weighted by molar-refractivity contribution is 0.0492. The SMILES string of the molecule is COC(=O)c1ccc(C(=O)OCCn2c3ccccc3c3ccccc32)cc1. The zero-order valence-corrected chi connectivity index (χ0v) is 15.4. The van der Waals surface area contributed by atoms with Gasteiger partial charge in [0, 0.05) is 21.8 Å². The summed E-state index contributed by atoms with van der Waals surface area (Å²) in [5.74, 6) is -0.858. The molecule has 0 unspecified atom stereocenters. The quantitative estimate of drug-likeness (QED) is 0.485. The van der Waals surface area contributed by atoms with Gasteiger partial charge in [0.1, 0.15) is 6.61 Å². The topological polar surface area (TPSA) is 57.5 Å². The number of carbonyl (C=O) groups is 2. The minimum atomic E-state index is -0.439. The standard InChI is InChI=1S/C23H19NO4/c1-27-22(25)16-10-12-17(13-11-16)23(26)28-15-14-24-20-8-4-2-6-18(20)19-7-3-5-9-21(19)24/h2-13H,14-15H2,1H3. The van der Waals surface area contributed by atoms with Gasteiger partial charge in [-0.15, -0.1) is 0 Å². The van der Waals surface area contributed by atoms with Crippen LogP contribution >= 0.6 is 0 Å². The lowest BCUT2D eigenvalue weighted by Crippen LogP contribution is -2.12. The second-order valence-electron chi connectivity index (χ2n) is 6.39. The highest BCUT2D eigenvalue weighted by Crippen LogP contribution is 2.28. The smallest absolute Gasteiger partial charge is 0.338 e. The monoisotopic (exact) mass is 373 g/mol. The van der Waals surface area contributed by atoms with E-state index >= 15 is 0 Å². The van der Waals surface area contributed by atoms with Crippen LogP contribution in [0.3, 0.4) is 0 Å². The molecule has 0 bridgehead atoms. The number of benzene rings is 3. The van der Waals surface area contributed by atoms with Gasteiger partial charge < -0.3 is 14.0 Å². The number of esters is 2. The van der Waals surface area contributed by atoms with E-state index in [0.717, 1.165) is 11.0 Å². The first kappa shape index (κ1) is 17.8. The fourth-order valence-corrected chi connectivity index (χ4v) is 3.42. The maximum Gasteiger partial charge on any atom is 0.338 e. The van der Waals surface area contributed by atoms with E-state index in [-0.39, 0.29) is 6.61 Å². The predicted molar refractivity (Wildman–Crippen MR) is 108 cm³/mol. The van der Waals surface area contributed by atoms with Gasteiger partial charge in [-0.05, 0) is 36.4 Å². The number of para-hydroxylation sites is 2. The maximum atomic E-state index is 12.3. The normalized spacial score (nSPS) is 10.9. The van der Waals surface area contributed by atoms with Crippen LogP contribution in [0.5, 0.6) is 0 Å². The van der Waals surface area contributed by atoms with Crippen molar-refractivity contribution in [2.45, 2.75) is 6.54 Å². The summed E-state index contributed by atoms with van der Waals surface area (Å²) in [4.78, 5) is 23.8. The molecule has 0 aliphatic rings. The molecule has 0 saturated heterocycles. The summed E-state index contributed by atoms with van der Waals surface area (Å²) in [5, 5.41) is 2.37. The van der Waals surface area contributed by atoms with Crippen LogP contribution in [0.2, 0.25) is 0 Å². The van der Waals surface area contributed by atoms with E-state index in [9.17, 15) is 9.59 Å². The first-order valence-electron chi connectivity index (χ1n) is 9.00. The van der Waals surface area contributed by atoms with Crippen LogP contribution in [-0.4, -0.2) is 30.2 Å². The molecule has 5 nitrogen and oxygen atoms in total. The van der Waals surface area contributed by atoms with Crippen molar-refractivity contribution >= 4 is 33.7 Å². The molecule has 0 amide bonds. The Balaban J connectivity index is 1.49. The summed E-state index contributed by atoms with van der Waals surface area (Å²) in [6, 6.07) is 22.6. The van der Waals surface area contributed by atoms with Crippen molar-refractivity contribution in [2.24, 2.45) is 0 Å². The number of aromatic nitrogens is 1. The van der Waals surface area contributed by atoms with Crippen LogP contribution in [0.1, 0.15) is 20.7 Å². The Morgan fingerprint density at radius 3 is 1.79 bits per heavy atom. The molecule has 0 spiro atoms. The summed E-state index contributed by atoms with van der Waals surface area (Å²) in [5.41, 5.74) is 3.02. The molecule has 4 aromatic rings. The third-order valence-electron chi connectivity index (χ3n) is 4.77. The number of rotatable bonds is 5. The molecule has 0 fully saturated rings. The van der Waals surface area contributed by atoms with E-state index in [1.165, 1.54) is 17.9 Å². The number of nitrogens with zero attached hydrogens (tertiary/aromatic N) is 1. The number of hydrogen-bond acceptors (Lipinski definition) is 4. The molecule has 0 aliphatic heterocycles. The first-order valence-corrected chi connectivity index (χ1v) is 9.00. The molecule has 0 aliphatic carbocycles. The minimum absolute atomic E-state index is 0.250. The second-order valence-corrected chi connectivity index (χ2v) is 6.39. The summed E-state index contributed by atoms with van der Waals surface area (Å²) >= 11 is 0. The third-order valence-corrected chi connectivity index (χ3v) is 4.77. The molecule has 4 rings (SSSR count). The highest BCUT2D eigenvalue weighted by molar-refractivity contribution is 6.07. The van der Waals surface area contributed by atoms with Crippen LogP contribution in [-0.2, 0) is 16.0 Å². The highest BCUT2D eigenvalue weighted by atomic mass is 16.5. The molecule has 3 aromatic carbocycles. The molecule has 0 radical (unpaired) electrons. The van der Waals surface area contributed by atoms with Gasteiger partial charge >= 0.3 is 11.9 Å². The molecule has 1 heterocycles. The molecule has 0 saturated carbocycles. The summed E-state index contributed by atoms with van der Waals surface area (Å²) in [6.07, 6.45) is 0. The van der Waals surface area contributed by atoms with Crippen molar-refractivity contribution in [2.75, 3.05) is 13.7 Å². The molecule has 5 heteroatoms. The molecule has 28 heavy (non-hydrogen) atoms. The van der Waals surface area contributed by atoms with Gasteiger partial charge in [-0.2, -0.15) is 0 Å². The fourth-order valence-electron chi connectivity index (χ4n) is 3.42. The van der Waals surface area contributed by atoms with Crippen LogP contribution < -0.4 is 0 Å². The zero-order chi connectivity index (χ0) is 19.5. The largest absolute Gasteiger partial charge is 0.465 e. The first-order chi connectivity index (χ1) is 13.7. The summed E-state index contributed by atoms with van der Waals surface area (Å²) in [6.45, 7) is 0.806. The molecule has 0 atom stereocenters. The lowest BCUT2D eigenvalue weighted by Gasteiger charge is -2.09. The third kappa shape index (κ3) is 3.22. The number of carbonyl (C=O) groups excluding carboxylic acids is 2. The van der Waals surface area contributed by atoms with Gasteiger partial charge in [-0.25, -0.2) is 9.59 Å². The van der Waals surface area contributed by atoms with Gasteiger partial charge in [-0.1, -0.05) is 36.4 Å². The molecule has 0 N–H and O–H groups in total. The van der Waals surface area contributed by atoms with Crippen LogP contribution in [0.25, 0.3) is 21.8 Å². The molecular formula is C23H19NO4. The van der Waals surface area contributed by atoms with Crippen LogP contribution in [0, 0.1) is 0 Å². The Bertz CT molecular complexity index is 1110. The van der Waals surface area contributed by atoms with E-state index in [4.69, 9.17) is 4.74 Å². The fraction of sp³-hybridized carbons (Fsp3) is 0.130. The maximum absolute atomic E-state index is 12.3. The predicted octanol–water partition coefficient (Wildman–Crippen LogP) is 4.44. The highest BCUT2D eigenvalue weighted by Gasteiger charge is 2.12. The average Bonchev–Trinajstić information content (AvgIpc) is 3.07. The van der Waals surface area contributed by atoms with Gasteiger partial charge in [0.2, 0.25) is 0 Å². The van der Waals surface area contributed by atoms with Crippen molar-refractivity contribution in [3.05, 3.63) is 83.9 Å².